The van der Waals surface area contributed by atoms with Crippen LogP contribution in [-0.4, -0.2) is 30.4 Å². The highest BCUT2D eigenvalue weighted by atomic mass is 79.9. The van der Waals surface area contributed by atoms with Gasteiger partial charge in [0, 0.05) is 17.1 Å². The van der Waals surface area contributed by atoms with Gasteiger partial charge in [-0.1, -0.05) is 15.9 Å². The first-order valence-electron chi connectivity index (χ1n) is 6.09. The number of ether oxygens (including phenoxy) is 1. The zero-order chi connectivity index (χ0) is 15.1. The molecule has 6 heteroatoms. The Morgan fingerprint density at radius 2 is 2.00 bits per heavy atom. The van der Waals surface area contributed by atoms with Crippen molar-refractivity contribution in [1.82, 2.24) is 0 Å². The molecule has 1 aliphatic rings. The van der Waals surface area contributed by atoms with Crippen LogP contribution < -0.4 is 4.90 Å². The number of halogens is 1. The van der Waals surface area contributed by atoms with Crippen molar-refractivity contribution in [1.29, 1.82) is 0 Å². The highest BCUT2D eigenvalue weighted by molar-refractivity contribution is 9.10. The highest BCUT2D eigenvalue weighted by Gasteiger charge is 2.32. The summed E-state index contributed by atoms with van der Waals surface area (Å²) >= 11 is 3.35. The lowest BCUT2D eigenvalue weighted by Crippen LogP contribution is -2.27. The minimum atomic E-state index is -0.762. The number of likely N-dealkylation sites (N-methyl/N-ethyl adjacent to an activating group) is 1. The van der Waals surface area contributed by atoms with E-state index in [-0.39, 0.29) is 11.6 Å². The van der Waals surface area contributed by atoms with Gasteiger partial charge in [-0.15, -0.1) is 0 Å². The minimum absolute atomic E-state index is 0.109. The van der Waals surface area contributed by atoms with Crippen molar-refractivity contribution in [2.45, 2.75) is 26.4 Å². The number of fused-ring (bicyclic) bond motifs is 1. The van der Waals surface area contributed by atoms with Crippen LogP contribution in [0.1, 0.15) is 26.3 Å². The zero-order valence-electron chi connectivity index (χ0n) is 11.7. The second kappa shape index (κ2) is 5.01. The van der Waals surface area contributed by atoms with Crippen LogP contribution in [0.4, 0.5) is 10.5 Å². The van der Waals surface area contributed by atoms with Crippen molar-refractivity contribution in [2.75, 3.05) is 11.9 Å². The third-order valence-electron chi connectivity index (χ3n) is 2.68. The number of benzene rings is 1. The van der Waals surface area contributed by atoms with Crippen molar-refractivity contribution in [3.05, 3.63) is 28.2 Å². The topological polar surface area (TPSA) is 59.0 Å². The Balaban J connectivity index is 2.41. The highest BCUT2D eigenvalue weighted by Crippen LogP contribution is 2.30. The molecule has 5 nitrogen and oxygen atoms in total. The van der Waals surface area contributed by atoms with Gasteiger partial charge in [0.15, 0.2) is 0 Å². The fraction of sp³-hybridized carbons (Fsp3) is 0.357. The van der Waals surface area contributed by atoms with Gasteiger partial charge in [-0.2, -0.15) is 4.99 Å². The summed E-state index contributed by atoms with van der Waals surface area (Å²) in [6.45, 7) is 5.24. The van der Waals surface area contributed by atoms with Gasteiger partial charge >= 0.3 is 6.09 Å². The van der Waals surface area contributed by atoms with Gasteiger partial charge in [0.1, 0.15) is 11.3 Å². The Bertz CT molecular complexity index is 617. The smallest absolute Gasteiger partial charge is 0.434 e. The first-order chi connectivity index (χ1) is 9.19. The van der Waals surface area contributed by atoms with E-state index in [1.807, 2.05) is 6.07 Å². The average molecular weight is 339 g/mol. The molecule has 1 aromatic carbocycles. The van der Waals surface area contributed by atoms with Gasteiger partial charge in [0.2, 0.25) is 0 Å². The molecule has 0 aliphatic carbocycles. The monoisotopic (exact) mass is 338 g/mol. The fourth-order valence-electron chi connectivity index (χ4n) is 1.86. The molecule has 2 amide bonds. The molecular weight excluding hydrogens is 324 g/mol. The van der Waals surface area contributed by atoms with Crippen molar-refractivity contribution in [2.24, 2.45) is 4.99 Å². The minimum Gasteiger partial charge on any atom is -0.442 e. The van der Waals surface area contributed by atoms with Crippen molar-refractivity contribution in [3.8, 4) is 0 Å². The van der Waals surface area contributed by atoms with Gasteiger partial charge in [-0.25, -0.2) is 4.79 Å². The number of rotatable bonds is 0. The van der Waals surface area contributed by atoms with Crippen LogP contribution in [0.2, 0.25) is 0 Å². The molecule has 1 heterocycles. The Labute approximate surface area is 125 Å². The lowest BCUT2D eigenvalue weighted by atomic mass is 10.1. The number of anilines is 1. The molecule has 2 rings (SSSR count). The summed E-state index contributed by atoms with van der Waals surface area (Å²) in [7, 11) is 1.65. The maximum atomic E-state index is 12.1. The molecule has 0 bridgehead atoms. The van der Waals surface area contributed by atoms with E-state index < -0.39 is 11.7 Å². The SMILES string of the molecule is CN1C(=O)/C(=N\C(=O)OC(C)(C)C)c2cc(Br)ccc21. The normalized spacial score (nSPS) is 16.6. The second-order valence-corrected chi connectivity index (χ2v) is 6.38. The summed E-state index contributed by atoms with van der Waals surface area (Å²) in [6.07, 6.45) is -0.762. The van der Waals surface area contributed by atoms with Crippen molar-refractivity contribution >= 4 is 39.3 Å². The maximum Gasteiger partial charge on any atom is 0.434 e. The summed E-state index contributed by atoms with van der Waals surface area (Å²) in [5, 5.41) is 0. The van der Waals surface area contributed by atoms with Crippen molar-refractivity contribution < 1.29 is 14.3 Å². The van der Waals surface area contributed by atoms with E-state index in [9.17, 15) is 9.59 Å². The summed E-state index contributed by atoms with van der Waals surface area (Å²) in [5.41, 5.74) is 0.811. The number of nitrogens with zero attached hydrogens (tertiary/aromatic N) is 2. The summed E-state index contributed by atoms with van der Waals surface area (Å²) in [4.78, 5) is 29.2. The Morgan fingerprint density at radius 1 is 1.35 bits per heavy atom. The van der Waals surface area contributed by atoms with E-state index in [0.717, 1.165) is 10.2 Å². The lowest BCUT2D eigenvalue weighted by Gasteiger charge is -2.17. The van der Waals surface area contributed by atoms with Crippen LogP contribution in [0.3, 0.4) is 0 Å². The van der Waals surface area contributed by atoms with E-state index in [1.165, 1.54) is 4.90 Å². The summed E-state index contributed by atoms with van der Waals surface area (Å²) in [5.74, 6) is -0.316. The van der Waals surface area contributed by atoms with E-state index in [2.05, 4.69) is 20.9 Å². The quantitative estimate of drug-likeness (QED) is 0.730. The molecule has 1 aliphatic heterocycles. The number of hydrogen-bond donors (Lipinski definition) is 0. The molecule has 0 atom stereocenters. The summed E-state index contributed by atoms with van der Waals surface area (Å²) < 4.78 is 5.94. The average Bonchev–Trinajstić information content (AvgIpc) is 2.52. The molecule has 0 aromatic heterocycles. The van der Waals surface area contributed by atoms with Crippen LogP contribution in [0, 0.1) is 0 Å². The predicted molar refractivity (Wildman–Crippen MR) is 80.3 cm³/mol. The summed E-state index contributed by atoms with van der Waals surface area (Å²) in [6, 6.07) is 5.40. The van der Waals surface area contributed by atoms with E-state index in [4.69, 9.17) is 4.74 Å². The Kier molecular flexibility index (Phi) is 3.69. The van der Waals surface area contributed by atoms with Crippen molar-refractivity contribution in [3.63, 3.8) is 0 Å². The van der Waals surface area contributed by atoms with Crippen LogP contribution in [0.15, 0.2) is 27.7 Å². The number of amides is 2. The van der Waals surface area contributed by atoms with Gasteiger partial charge in [-0.05, 0) is 39.0 Å². The molecule has 0 radical (unpaired) electrons. The van der Waals surface area contributed by atoms with E-state index in [0.29, 0.717) is 5.56 Å². The standard InChI is InChI=1S/C14H15BrN2O3/c1-14(2,3)20-13(19)16-11-9-7-8(15)5-6-10(9)17(4)12(11)18/h5-7H,1-4H3/b16-11-. The van der Waals surface area contributed by atoms with Crippen LogP contribution in [0.5, 0.6) is 0 Å². The largest absolute Gasteiger partial charge is 0.442 e. The fourth-order valence-corrected chi connectivity index (χ4v) is 2.22. The number of aliphatic imine (C=N–C) groups is 1. The lowest BCUT2D eigenvalue weighted by molar-refractivity contribution is -0.112. The van der Waals surface area contributed by atoms with Gasteiger partial charge in [0.25, 0.3) is 5.91 Å². The third-order valence-corrected chi connectivity index (χ3v) is 3.17. The number of carbonyl (C=O) groups excluding carboxylic acids is 2. The van der Waals surface area contributed by atoms with Gasteiger partial charge in [-0.3, -0.25) is 4.79 Å². The molecule has 1 aromatic rings. The molecule has 20 heavy (non-hydrogen) atoms. The molecular formula is C14H15BrN2O3. The number of carbonyl (C=O) groups is 2. The van der Waals surface area contributed by atoms with Gasteiger partial charge < -0.3 is 9.64 Å². The van der Waals surface area contributed by atoms with E-state index >= 15 is 0 Å². The van der Waals surface area contributed by atoms with Crippen LogP contribution >= 0.6 is 15.9 Å². The molecule has 0 saturated carbocycles. The molecule has 0 fully saturated rings. The third kappa shape index (κ3) is 2.90. The van der Waals surface area contributed by atoms with Crippen LogP contribution in [0.25, 0.3) is 0 Å². The van der Waals surface area contributed by atoms with Gasteiger partial charge in [0.05, 0.1) is 5.69 Å². The Hall–Kier alpha value is -1.69. The molecule has 0 spiro atoms. The predicted octanol–water partition coefficient (Wildman–Crippen LogP) is 3.15. The van der Waals surface area contributed by atoms with E-state index in [1.54, 1.807) is 40.0 Å². The molecule has 106 valence electrons. The molecule has 0 N–H and O–H groups in total. The van der Waals surface area contributed by atoms with Crippen LogP contribution in [-0.2, 0) is 9.53 Å². The first kappa shape index (κ1) is 14.7. The zero-order valence-corrected chi connectivity index (χ0v) is 13.3. The first-order valence-corrected chi connectivity index (χ1v) is 6.88. The molecule has 0 saturated heterocycles. The Morgan fingerprint density at radius 3 is 2.60 bits per heavy atom. The molecule has 0 unspecified atom stereocenters. The maximum absolute atomic E-state index is 12.1. The number of hydrogen-bond acceptors (Lipinski definition) is 3. The second-order valence-electron chi connectivity index (χ2n) is 5.47.